The van der Waals surface area contributed by atoms with Gasteiger partial charge in [-0.25, -0.2) is 0 Å². The summed E-state index contributed by atoms with van der Waals surface area (Å²) in [7, 11) is 0. The molecule has 0 spiro atoms. The molecule has 0 aliphatic heterocycles. The third-order valence-electron chi connectivity index (χ3n) is 4.75. The fraction of sp³-hybridized carbons (Fsp3) is 0.217. The monoisotopic (exact) mass is 300 g/mol. The molecule has 3 rings (SSSR count). The van der Waals surface area contributed by atoms with Crippen LogP contribution >= 0.6 is 0 Å². The lowest BCUT2D eigenvalue weighted by molar-refractivity contribution is 0.886. The van der Waals surface area contributed by atoms with E-state index in [2.05, 4.69) is 93.6 Å². The van der Waals surface area contributed by atoms with Crippen LogP contribution in [0.4, 0.5) is 0 Å². The molecule has 0 fully saturated rings. The maximum absolute atomic E-state index is 2.34. The summed E-state index contributed by atoms with van der Waals surface area (Å²) in [5, 5.41) is 0. The van der Waals surface area contributed by atoms with E-state index in [1.807, 2.05) is 0 Å². The van der Waals surface area contributed by atoms with Gasteiger partial charge in [0.25, 0.3) is 0 Å². The summed E-state index contributed by atoms with van der Waals surface area (Å²) in [6.07, 6.45) is 1.06. The first-order valence-corrected chi connectivity index (χ1v) is 8.45. The van der Waals surface area contributed by atoms with E-state index >= 15 is 0 Å². The Morgan fingerprint density at radius 1 is 0.783 bits per heavy atom. The van der Waals surface area contributed by atoms with Crippen molar-refractivity contribution in [2.24, 2.45) is 0 Å². The molecule has 3 aromatic rings. The first-order chi connectivity index (χ1) is 11.2. The normalized spacial score (nSPS) is 12.1. The highest BCUT2D eigenvalue weighted by atomic mass is 14.2. The highest BCUT2D eigenvalue weighted by Crippen LogP contribution is 2.36. The lowest BCUT2D eigenvalue weighted by atomic mass is 9.82. The quantitative estimate of drug-likeness (QED) is 0.524. The summed E-state index contributed by atoms with van der Waals surface area (Å²) in [5.41, 5.74) is 8.37. The molecular weight excluding hydrogens is 276 g/mol. The van der Waals surface area contributed by atoms with Crippen molar-refractivity contribution in [3.8, 4) is 11.1 Å². The van der Waals surface area contributed by atoms with Crippen LogP contribution in [0.3, 0.4) is 0 Å². The zero-order chi connectivity index (χ0) is 16.2. The van der Waals surface area contributed by atoms with Crippen LogP contribution in [-0.2, 0) is 6.42 Å². The molecule has 0 amide bonds. The zero-order valence-corrected chi connectivity index (χ0v) is 14.2. The van der Waals surface area contributed by atoms with Gasteiger partial charge in [-0.3, -0.25) is 0 Å². The van der Waals surface area contributed by atoms with Gasteiger partial charge >= 0.3 is 0 Å². The lowest BCUT2D eigenvalue weighted by Gasteiger charge is -2.22. The van der Waals surface area contributed by atoms with Crippen LogP contribution in [0.25, 0.3) is 11.1 Å². The molecule has 0 nitrogen and oxygen atoms in total. The Kier molecular flexibility index (Phi) is 4.62. The summed E-state index contributed by atoms with van der Waals surface area (Å²) in [6, 6.07) is 26.2. The van der Waals surface area contributed by atoms with E-state index < -0.39 is 0 Å². The highest BCUT2D eigenvalue weighted by Gasteiger charge is 2.18. The number of aryl methyl sites for hydroxylation is 2. The third-order valence-corrected chi connectivity index (χ3v) is 4.75. The molecule has 0 aliphatic rings. The minimum atomic E-state index is 0.391. The van der Waals surface area contributed by atoms with Crippen LogP contribution in [0.5, 0.6) is 0 Å². The van der Waals surface area contributed by atoms with Crippen LogP contribution in [0, 0.1) is 6.92 Å². The first-order valence-electron chi connectivity index (χ1n) is 8.45. The van der Waals surface area contributed by atoms with Gasteiger partial charge in [-0.15, -0.1) is 0 Å². The highest BCUT2D eigenvalue weighted by molar-refractivity contribution is 5.70. The zero-order valence-electron chi connectivity index (χ0n) is 14.2. The molecule has 1 atom stereocenters. The second-order valence-corrected chi connectivity index (χ2v) is 6.18. The number of benzene rings is 3. The summed E-state index contributed by atoms with van der Waals surface area (Å²) < 4.78 is 0. The third kappa shape index (κ3) is 3.07. The molecule has 0 aliphatic carbocycles. The van der Waals surface area contributed by atoms with E-state index in [9.17, 15) is 0 Å². The summed E-state index contributed by atoms with van der Waals surface area (Å²) in [5.74, 6) is 0.391. The second kappa shape index (κ2) is 6.83. The van der Waals surface area contributed by atoms with Crippen LogP contribution in [0.15, 0.2) is 72.8 Å². The Labute approximate surface area is 139 Å². The largest absolute Gasteiger partial charge is 0.0622 e. The van der Waals surface area contributed by atoms with Gasteiger partial charge in [-0.2, -0.15) is 0 Å². The lowest BCUT2D eigenvalue weighted by Crippen LogP contribution is -2.05. The Hall–Kier alpha value is -2.34. The maximum atomic E-state index is 2.34. The average molecular weight is 300 g/mol. The smallest absolute Gasteiger partial charge is 0.00725 e. The average Bonchev–Trinajstić information content (AvgIpc) is 2.61. The number of rotatable bonds is 4. The van der Waals surface area contributed by atoms with Crippen molar-refractivity contribution in [3.05, 3.63) is 95.1 Å². The number of hydrogen-bond donors (Lipinski definition) is 0. The van der Waals surface area contributed by atoms with Crippen LogP contribution in [0.1, 0.15) is 42.0 Å². The van der Waals surface area contributed by atoms with Crippen molar-refractivity contribution in [1.82, 2.24) is 0 Å². The van der Waals surface area contributed by atoms with Gasteiger partial charge in [0.1, 0.15) is 0 Å². The standard InChI is InChI=1S/C23H24/c1-4-19-14-10-16-22(20-12-6-5-7-13-20)23(19)18(3)21-15-9-8-11-17(21)2/h5-16,18H,4H2,1-3H3. The first kappa shape index (κ1) is 15.6. The molecule has 0 radical (unpaired) electrons. The molecule has 0 saturated heterocycles. The molecule has 0 bridgehead atoms. The van der Waals surface area contributed by atoms with E-state index in [-0.39, 0.29) is 0 Å². The van der Waals surface area contributed by atoms with Crippen molar-refractivity contribution >= 4 is 0 Å². The molecule has 0 heteroatoms. The van der Waals surface area contributed by atoms with Gasteiger partial charge < -0.3 is 0 Å². The van der Waals surface area contributed by atoms with E-state index in [4.69, 9.17) is 0 Å². The van der Waals surface area contributed by atoms with Crippen molar-refractivity contribution < 1.29 is 0 Å². The van der Waals surface area contributed by atoms with Gasteiger partial charge in [0.15, 0.2) is 0 Å². The molecule has 0 aromatic heterocycles. The molecule has 0 heterocycles. The molecule has 1 unspecified atom stereocenters. The van der Waals surface area contributed by atoms with Crippen molar-refractivity contribution in [2.45, 2.75) is 33.1 Å². The van der Waals surface area contributed by atoms with Crippen molar-refractivity contribution in [3.63, 3.8) is 0 Å². The topological polar surface area (TPSA) is 0 Å². The Bertz CT molecular complexity index is 784. The minimum Gasteiger partial charge on any atom is -0.0622 e. The Morgan fingerprint density at radius 3 is 2.17 bits per heavy atom. The number of hydrogen-bond acceptors (Lipinski definition) is 0. The van der Waals surface area contributed by atoms with E-state index in [1.165, 1.54) is 33.4 Å². The SMILES string of the molecule is CCc1cccc(-c2ccccc2)c1C(C)c1ccccc1C. The van der Waals surface area contributed by atoms with E-state index in [1.54, 1.807) is 0 Å². The summed E-state index contributed by atoms with van der Waals surface area (Å²) in [4.78, 5) is 0. The molecule has 0 N–H and O–H groups in total. The maximum Gasteiger partial charge on any atom is 0.00725 e. The van der Waals surface area contributed by atoms with Gasteiger partial charge in [-0.1, -0.05) is 86.6 Å². The van der Waals surface area contributed by atoms with Crippen molar-refractivity contribution in [1.29, 1.82) is 0 Å². The van der Waals surface area contributed by atoms with Crippen LogP contribution < -0.4 is 0 Å². The van der Waals surface area contributed by atoms with Crippen LogP contribution in [-0.4, -0.2) is 0 Å². The van der Waals surface area contributed by atoms with E-state index in [0.717, 1.165) is 6.42 Å². The van der Waals surface area contributed by atoms with Gasteiger partial charge in [-0.05, 0) is 46.7 Å². The van der Waals surface area contributed by atoms with Crippen LogP contribution in [0.2, 0.25) is 0 Å². The molecule has 0 saturated carbocycles. The fourth-order valence-electron chi connectivity index (χ4n) is 3.53. The molecule has 116 valence electrons. The summed E-state index contributed by atoms with van der Waals surface area (Å²) in [6.45, 7) is 6.80. The predicted molar refractivity (Wildman–Crippen MR) is 100.0 cm³/mol. The Morgan fingerprint density at radius 2 is 1.48 bits per heavy atom. The second-order valence-electron chi connectivity index (χ2n) is 6.18. The molecule has 23 heavy (non-hydrogen) atoms. The Balaban J connectivity index is 2.19. The minimum absolute atomic E-state index is 0.391. The summed E-state index contributed by atoms with van der Waals surface area (Å²) >= 11 is 0. The molecular formula is C23H24. The van der Waals surface area contributed by atoms with Gasteiger partial charge in [0, 0.05) is 5.92 Å². The van der Waals surface area contributed by atoms with Crippen molar-refractivity contribution in [2.75, 3.05) is 0 Å². The molecule has 3 aromatic carbocycles. The predicted octanol–water partition coefficient (Wildman–Crippen LogP) is 6.38. The van der Waals surface area contributed by atoms with E-state index in [0.29, 0.717) is 5.92 Å². The fourth-order valence-corrected chi connectivity index (χ4v) is 3.53. The van der Waals surface area contributed by atoms with Gasteiger partial charge in [0.05, 0.1) is 0 Å². The van der Waals surface area contributed by atoms with Gasteiger partial charge in [0.2, 0.25) is 0 Å².